The van der Waals surface area contributed by atoms with E-state index in [4.69, 9.17) is 11.6 Å². The summed E-state index contributed by atoms with van der Waals surface area (Å²) in [6, 6.07) is 13.5. The summed E-state index contributed by atoms with van der Waals surface area (Å²) >= 11 is 6.51. The molecule has 0 unspecified atom stereocenters. The highest BCUT2D eigenvalue weighted by atomic mass is 35.5. The molecule has 0 bridgehead atoms. The van der Waals surface area contributed by atoms with E-state index >= 15 is 0 Å². The molecule has 4 nitrogen and oxygen atoms in total. The highest BCUT2D eigenvalue weighted by Gasteiger charge is 2.21. The van der Waals surface area contributed by atoms with Crippen molar-refractivity contribution in [2.45, 2.75) is 26.7 Å². The van der Waals surface area contributed by atoms with Crippen molar-refractivity contribution in [1.82, 2.24) is 4.90 Å². The molecule has 1 saturated heterocycles. The highest BCUT2D eigenvalue weighted by Crippen LogP contribution is 2.35. The maximum atomic E-state index is 12.8. The van der Waals surface area contributed by atoms with Crippen LogP contribution in [-0.2, 0) is 0 Å². The second kappa shape index (κ2) is 8.77. The van der Waals surface area contributed by atoms with Crippen LogP contribution in [0.3, 0.4) is 0 Å². The van der Waals surface area contributed by atoms with Gasteiger partial charge in [-0.15, -0.1) is 0 Å². The third-order valence-electron chi connectivity index (χ3n) is 5.21. The molecule has 144 valence electrons. The number of amides is 1. The van der Waals surface area contributed by atoms with E-state index in [-0.39, 0.29) is 5.91 Å². The van der Waals surface area contributed by atoms with Gasteiger partial charge in [0.05, 0.1) is 16.4 Å². The molecule has 0 atom stereocenters. The lowest BCUT2D eigenvalue weighted by Crippen LogP contribution is -2.46. The zero-order chi connectivity index (χ0) is 19.4. The Morgan fingerprint density at radius 2 is 1.74 bits per heavy atom. The largest absolute Gasteiger partial charge is 0.366 e. The first-order chi connectivity index (χ1) is 13.0. The topological polar surface area (TPSA) is 35.6 Å². The predicted octanol–water partition coefficient (Wildman–Crippen LogP) is 4.86. The van der Waals surface area contributed by atoms with Gasteiger partial charge in [-0.25, -0.2) is 0 Å². The van der Waals surface area contributed by atoms with E-state index in [1.807, 2.05) is 42.5 Å². The van der Waals surface area contributed by atoms with Gasteiger partial charge in [0, 0.05) is 31.7 Å². The lowest BCUT2D eigenvalue weighted by atomic mass is 10.0. The minimum Gasteiger partial charge on any atom is -0.366 e. The Labute approximate surface area is 167 Å². The molecule has 1 aliphatic heterocycles. The molecule has 0 spiro atoms. The Morgan fingerprint density at radius 3 is 2.33 bits per heavy atom. The third-order valence-corrected chi connectivity index (χ3v) is 5.52. The summed E-state index contributed by atoms with van der Waals surface area (Å²) in [5.41, 5.74) is 3.57. The maximum Gasteiger partial charge on any atom is 0.255 e. The van der Waals surface area contributed by atoms with Gasteiger partial charge in [0.15, 0.2) is 0 Å². The molecule has 1 aliphatic rings. The number of likely N-dealkylation sites (N-methyl/N-ethyl adjacent to an activating group) is 1. The first-order valence-corrected chi connectivity index (χ1v) is 10.0. The van der Waals surface area contributed by atoms with Gasteiger partial charge in [0.1, 0.15) is 0 Å². The molecule has 3 rings (SSSR count). The van der Waals surface area contributed by atoms with Crippen molar-refractivity contribution in [1.29, 1.82) is 0 Å². The Morgan fingerprint density at radius 1 is 1.07 bits per heavy atom. The fourth-order valence-electron chi connectivity index (χ4n) is 3.44. The molecule has 1 fully saturated rings. The molecular formula is C22H28ClN3O. The molecule has 27 heavy (non-hydrogen) atoms. The summed E-state index contributed by atoms with van der Waals surface area (Å²) < 4.78 is 0. The second-order valence-electron chi connectivity index (χ2n) is 7.29. The highest BCUT2D eigenvalue weighted by molar-refractivity contribution is 6.34. The van der Waals surface area contributed by atoms with Crippen LogP contribution in [0.2, 0.25) is 5.02 Å². The number of carbonyl (C=O) groups excluding carboxylic acids is 1. The van der Waals surface area contributed by atoms with Gasteiger partial charge in [0.25, 0.3) is 5.91 Å². The van der Waals surface area contributed by atoms with Crippen molar-refractivity contribution < 1.29 is 4.79 Å². The normalized spacial score (nSPS) is 15.2. The zero-order valence-electron chi connectivity index (χ0n) is 16.3. The van der Waals surface area contributed by atoms with Crippen molar-refractivity contribution in [3.63, 3.8) is 0 Å². The number of para-hydroxylation sites is 1. The number of anilines is 2. The maximum absolute atomic E-state index is 12.8. The van der Waals surface area contributed by atoms with Crippen molar-refractivity contribution in [2.75, 3.05) is 42.9 Å². The van der Waals surface area contributed by atoms with E-state index in [1.165, 1.54) is 5.56 Å². The average molecular weight is 386 g/mol. The van der Waals surface area contributed by atoms with Crippen LogP contribution in [0.5, 0.6) is 0 Å². The van der Waals surface area contributed by atoms with Crippen LogP contribution in [0.25, 0.3) is 0 Å². The van der Waals surface area contributed by atoms with Gasteiger partial charge < -0.3 is 15.1 Å². The number of rotatable bonds is 5. The third kappa shape index (κ3) is 4.63. The number of hydrogen-bond donors (Lipinski definition) is 1. The molecule has 0 aliphatic carbocycles. The number of nitrogens with one attached hydrogen (secondary N) is 1. The summed E-state index contributed by atoms with van der Waals surface area (Å²) in [6.45, 7) is 11.4. The van der Waals surface area contributed by atoms with Crippen molar-refractivity contribution in [3.8, 4) is 0 Å². The summed E-state index contributed by atoms with van der Waals surface area (Å²) in [6.07, 6.45) is 0. The molecule has 0 radical (unpaired) electrons. The van der Waals surface area contributed by atoms with Crippen LogP contribution in [-0.4, -0.2) is 43.5 Å². The fourth-order valence-corrected chi connectivity index (χ4v) is 3.73. The fraction of sp³-hybridized carbons (Fsp3) is 0.409. The van der Waals surface area contributed by atoms with Gasteiger partial charge in [0.2, 0.25) is 0 Å². The summed E-state index contributed by atoms with van der Waals surface area (Å²) in [5, 5.41) is 3.73. The standard InChI is InChI=1S/C22H28ClN3O/c1-4-25-12-14-26(15-13-25)21-19(23)6-5-7-20(21)24-22(27)18-10-8-17(9-11-18)16(2)3/h5-11,16H,4,12-15H2,1-3H3,(H,24,27). The van der Waals surface area contributed by atoms with E-state index in [0.717, 1.165) is 44.1 Å². The Hall–Kier alpha value is -2.04. The molecule has 1 heterocycles. The quantitative estimate of drug-likeness (QED) is 0.798. The van der Waals surface area contributed by atoms with Gasteiger partial charge in [-0.1, -0.05) is 50.6 Å². The van der Waals surface area contributed by atoms with Crippen LogP contribution in [0, 0.1) is 0 Å². The smallest absolute Gasteiger partial charge is 0.255 e. The zero-order valence-corrected chi connectivity index (χ0v) is 17.1. The molecule has 5 heteroatoms. The number of hydrogen-bond acceptors (Lipinski definition) is 3. The van der Waals surface area contributed by atoms with Gasteiger partial charge in [-0.2, -0.15) is 0 Å². The van der Waals surface area contributed by atoms with Crippen LogP contribution in [0.15, 0.2) is 42.5 Å². The molecular weight excluding hydrogens is 358 g/mol. The number of benzene rings is 2. The predicted molar refractivity (Wildman–Crippen MR) is 114 cm³/mol. The Kier molecular flexibility index (Phi) is 6.40. The van der Waals surface area contributed by atoms with Crippen molar-refractivity contribution >= 4 is 28.9 Å². The van der Waals surface area contributed by atoms with E-state index in [9.17, 15) is 4.79 Å². The van der Waals surface area contributed by atoms with Crippen LogP contribution in [0.1, 0.15) is 42.6 Å². The monoisotopic (exact) mass is 385 g/mol. The van der Waals surface area contributed by atoms with Crippen LogP contribution < -0.4 is 10.2 Å². The first-order valence-electron chi connectivity index (χ1n) is 9.66. The van der Waals surface area contributed by atoms with Crippen LogP contribution >= 0.6 is 11.6 Å². The van der Waals surface area contributed by atoms with Crippen molar-refractivity contribution in [2.24, 2.45) is 0 Å². The van der Waals surface area contributed by atoms with E-state index < -0.39 is 0 Å². The molecule has 1 N–H and O–H groups in total. The average Bonchev–Trinajstić information content (AvgIpc) is 2.68. The minimum absolute atomic E-state index is 0.110. The summed E-state index contributed by atoms with van der Waals surface area (Å²) in [4.78, 5) is 17.4. The van der Waals surface area contributed by atoms with Gasteiger partial charge >= 0.3 is 0 Å². The number of piperazine rings is 1. The lowest BCUT2D eigenvalue weighted by Gasteiger charge is -2.36. The number of carbonyl (C=O) groups is 1. The van der Waals surface area contributed by atoms with E-state index in [1.54, 1.807) is 0 Å². The van der Waals surface area contributed by atoms with E-state index in [2.05, 4.69) is 35.9 Å². The molecule has 1 amide bonds. The Balaban J connectivity index is 1.78. The second-order valence-corrected chi connectivity index (χ2v) is 7.70. The molecule has 2 aromatic carbocycles. The van der Waals surface area contributed by atoms with Crippen LogP contribution in [0.4, 0.5) is 11.4 Å². The number of nitrogens with zero attached hydrogens (tertiary/aromatic N) is 2. The molecule has 0 saturated carbocycles. The van der Waals surface area contributed by atoms with E-state index in [0.29, 0.717) is 16.5 Å². The lowest BCUT2D eigenvalue weighted by molar-refractivity contribution is 0.102. The number of halogens is 1. The molecule has 0 aromatic heterocycles. The SMILES string of the molecule is CCN1CCN(c2c(Cl)cccc2NC(=O)c2ccc(C(C)C)cc2)CC1. The van der Waals surface area contributed by atoms with Gasteiger partial charge in [-0.3, -0.25) is 4.79 Å². The first kappa shape index (κ1) is 19.7. The Bertz CT molecular complexity index is 781. The summed E-state index contributed by atoms with van der Waals surface area (Å²) in [7, 11) is 0. The molecule has 2 aromatic rings. The summed E-state index contributed by atoms with van der Waals surface area (Å²) in [5.74, 6) is 0.337. The van der Waals surface area contributed by atoms with Gasteiger partial charge in [-0.05, 0) is 42.3 Å². The minimum atomic E-state index is -0.110. The van der Waals surface area contributed by atoms with Crippen molar-refractivity contribution in [3.05, 3.63) is 58.6 Å².